The average Bonchev–Trinajstić information content (AvgIpc) is 0.709. The van der Waals surface area contributed by atoms with Gasteiger partial charge in [0.15, 0.2) is 0 Å². The minimum absolute atomic E-state index is 0.320. The predicted octanol–water partition coefficient (Wildman–Crippen LogP) is 22.4. The Balaban J connectivity index is 2.19. The highest BCUT2D eigenvalue weighted by Crippen LogP contribution is 2.68. The lowest BCUT2D eigenvalue weighted by Gasteiger charge is -2.42. The van der Waals surface area contributed by atoms with Crippen LogP contribution in [-0.2, 0) is 36.8 Å². The molecule has 8 nitrogen and oxygen atoms in total. The van der Waals surface area contributed by atoms with E-state index < -0.39 is 312 Å². The quantitative estimate of drug-likeness (QED) is 0.0419. The topological polar surface area (TPSA) is 133 Å². The van der Waals surface area contributed by atoms with Crippen LogP contribution in [0.25, 0.3) is 10.8 Å². The summed E-state index contributed by atoms with van der Waals surface area (Å²) in [6.07, 6.45) is -32.5. The van der Waals surface area contributed by atoms with Crippen LogP contribution in [0.3, 0.4) is 0 Å². The molecule has 2 amide bonds. The molecule has 0 fully saturated rings. The summed E-state index contributed by atoms with van der Waals surface area (Å²) >= 11 is 11.7. The van der Waals surface area contributed by atoms with Gasteiger partial charge < -0.3 is 20.8 Å². The van der Waals surface area contributed by atoms with Crippen molar-refractivity contribution in [2.75, 3.05) is 0 Å². The third-order valence-electron chi connectivity index (χ3n) is 16.1. The van der Waals surface area contributed by atoms with Gasteiger partial charge in [-0.3, -0.25) is 9.59 Å². The Bertz CT molecular complexity index is 4230. The van der Waals surface area contributed by atoms with Crippen molar-refractivity contribution in [3.8, 4) is 0 Å². The molecule has 0 aliphatic carbocycles. The average molecular weight is 1820 g/mol. The van der Waals surface area contributed by atoms with Crippen LogP contribution in [0.5, 0.6) is 0 Å². The van der Waals surface area contributed by atoms with Gasteiger partial charge in [-0.2, -0.15) is 211 Å². The number of fused-ring (bicyclic) bond motifs is 1. The summed E-state index contributed by atoms with van der Waals surface area (Å²) in [5.41, 5.74) is -45.6. The van der Waals surface area contributed by atoms with Crippen molar-refractivity contribution >= 4 is 57.7 Å². The Hall–Kier alpha value is -7.90. The number of benzene rings is 4. The van der Waals surface area contributed by atoms with E-state index in [4.69, 9.17) is 23.2 Å². The number of carbonyl (C=O) groups is 4. The summed E-state index contributed by atoms with van der Waals surface area (Å²) in [5.74, 6) is -166. The largest absolute Gasteiger partial charge is 0.478 e. The molecule has 60 heteroatoms. The molecular formula is C54H22Cl2F50N2O6. The number of hydrogen-bond acceptors (Lipinski definition) is 4. The van der Waals surface area contributed by atoms with Crippen molar-refractivity contribution in [1.29, 1.82) is 0 Å². The van der Waals surface area contributed by atoms with E-state index in [1.165, 1.54) is 0 Å². The van der Waals surface area contributed by atoms with Crippen LogP contribution >= 0.6 is 23.2 Å². The highest BCUT2D eigenvalue weighted by molar-refractivity contribution is 6.40. The number of hydrogen-bond donors (Lipinski definition) is 4. The van der Waals surface area contributed by atoms with E-state index in [0.717, 1.165) is 10.6 Å². The van der Waals surface area contributed by atoms with Crippen LogP contribution in [0.15, 0.2) is 48.5 Å². The van der Waals surface area contributed by atoms with Crippen LogP contribution in [-0.4, -0.2) is 153 Å². The lowest BCUT2D eigenvalue weighted by Crippen LogP contribution is -2.70. The Morgan fingerprint density at radius 3 is 0.737 bits per heavy atom. The van der Waals surface area contributed by atoms with Crippen LogP contribution in [0.4, 0.5) is 220 Å². The highest BCUT2D eigenvalue weighted by Gasteiger charge is 2.94. The maximum Gasteiger partial charge on any atom is 0.460 e. The molecule has 0 aromatic heterocycles. The van der Waals surface area contributed by atoms with Gasteiger partial charge in [0.2, 0.25) is 11.3 Å². The van der Waals surface area contributed by atoms with E-state index in [2.05, 4.69) is 0 Å². The molecule has 114 heavy (non-hydrogen) atoms. The lowest BCUT2D eigenvalue weighted by atomic mass is 9.82. The van der Waals surface area contributed by atoms with Gasteiger partial charge in [-0.05, 0) is 73.5 Å². The molecule has 4 rings (SSSR count). The number of amides is 2. The number of halogens is 52. The van der Waals surface area contributed by atoms with E-state index in [1.807, 2.05) is 0 Å². The van der Waals surface area contributed by atoms with Crippen molar-refractivity contribution in [1.82, 2.24) is 10.6 Å². The van der Waals surface area contributed by atoms with Crippen LogP contribution in [0.2, 0.25) is 10.0 Å². The zero-order valence-electron chi connectivity index (χ0n) is 52.2. The lowest BCUT2D eigenvalue weighted by molar-refractivity contribution is -0.441. The van der Waals surface area contributed by atoms with E-state index in [-0.39, 0.29) is 6.07 Å². The molecule has 2 unspecified atom stereocenters. The minimum atomic E-state index is -9.15. The molecule has 4 aromatic carbocycles. The third kappa shape index (κ3) is 13.9. The van der Waals surface area contributed by atoms with Crippen molar-refractivity contribution in [3.63, 3.8) is 0 Å². The maximum atomic E-state index is 15.9. The third-order valence-corrected chi connectivity index (χ3v) is 16.7. The number of carboxylic acid groups (broad SMARTS) is 2. The van der Waals surface area contributed by atoms with Crippen molar-refractivity contribution in [2.24, 2.45) is 0 Å². The zero-order chi connectivity index (χ0) is 90.9. The molecule has 0 bridgehead atoms. The molecule has 0 spiro atoms. The molecular weight excluding hydrogens is 1790 g/mol. The van der Waals surface area contributed by atoms with Gasteiger partial charge in [-0.15, -0.1) is 0 Å². The second-order valence-electron chi connectivity index (χ2n) is 23.5. The van der Waals surface area contributed by atoms with Gasteiger partial charge in [0.25, 0.3) is 11.8 Å². The molecule has 4 N–H and O–H groups in total. The van der Waals surface area contributed by atoms with E-state index in [1.54, 1.807) is 0 Å². The maximum absolute atomic E-state index is 15.9. The van der Waals surface area contributed by atoms with E-state index in [0.29, 0.717) is 0 Å². The smallest absolute Gasteiger partial charge is 0.460 e. The normalized spacial score (nSPS) is 16.2. The molecule has 4 aromatic rings. The Labute approximate surface area is 600 Å². The van der Waals surface area contributed by atoms with Gasteiger partial charge in [0, 0.05) is 51.7 Å². The second kappa shape index (κ2) is 27.9. The first-order chi connectivity index (χ1) is 49.6. The summed E-state index contributed by atoms with van der Waals surface area (Å²) in [7, 11) is 0. The number of rotatable bonds is 28. The van der Waals surface area contributed by atoms with Crippen molar-refractivity contribution in [2.45, 2.75) is 170 Å². The number of alkyl halides is 50. The van der Waals surface area contributed by atoms with Crippen LogP contribution in [0, 0.1) is 0 Å². The van der Waals surface area contributed by atoms with Gasteiger partial charge in [0.05, 0.1) is 26.7 Å². The van der Waals surface area contributed by atoms with Crippen molar-refractivity contribution < 1.29 is 249 Å². The van der Waals surface area contributed by atoms with Crippen molar-refractivity contribution in [3.05, 3.63) is 114 Å². The summed E-state index contributed by atoms with van der Waals surface area (Å²) in [4.78, 5) is 53.6. The monoisotopic (exact) mass is 1810 g/mol. The van der Waals surface area contributed by atoms with Gasteiger partial charge in [-0.1, -0.05) is 23.2 Å². The Kier molecular flexibility index (Phi) is 24.1. The number of carbonyl (C=O) groups excluding carboxylic acids is 2. The molecule has 2 atom stereocenters. The van der Waals surface area contributed by atoms with E-state index >= 15 is 87.8 Å². The number of nitrogens with one attached hydrogen (secondary N) is 2. The second-order valence-corrected chi connectivity index (χ2v) is 24.3. The fourth-order valence-corrected chi connectivity index (χ4v) is 9.96. The molecule has 0 radical (unpaired) electrons. The Morgan fingerprint density at radius 2 is 0.491 bits per heavy atom. The van der Waals surface area contributed by atoms with Gasteiger partial charge >= 0.3 is 143 Å². The molecule has 0 aliphatic rings. The molecule has 0 heterocycles. The molecule has 0 saturated carbocycles. The number of aromatic carboxylic acids is 2. The van der Waals surface area contributed by atoms with E-state index in [9.17, 15) is 161 Å². The fourth-order valence-electron chi connectivity index (χ4n) is 9.38. The summed E-state index contributed by atoms with van der Waals surface area (Å²) < 4.78 is 722. The Morgan fingerprint density at radius 1 is 0.272 bits per heavy atom. The first-order valence-corrected chi connectivity index (χ1v) is 28.1. The summed E-state index contributed by atoms with van der Waals surface area (Å²) in [5, 5.41) is 13.8. The minimum Gasteiger partial charge on any atom is -0.478 e. The first-order valence-electron chi connectivity index (χ1n) is 27.4. The summed E-state index contributed by atoms with van der Waals surface area (Å²) in [6.45, 7) is -9.63. The summed E-state index contributed by atoms with van der Waals surface area (Å²) in [6, 6.07) is -11.2. The first kappa shape index (κ1) is 98.5. The van der Waals surface area contributed by atoms with Gasteiger partial charge in [-0.25, -0.2) is 18.4 Å². The fraction of sp³-hybridized carbons (Fsp3) is 0.519. The number of carboxylic acids is 2. The predicted molar refractivity (Wildman–Crippen MR) is 271 cm³/mol. The van der Waals surface area contributed by atoms with Crippen LogP contribution in [0.1, 0.15) is 88.7 Å². The standard InChI is InChI=1S/C54H22Cl2F50N2O6/c1-31(57,39(71,72)51(95,96)97)37(67,68)41(75,76)33(59,60)15-3-13(4-17(7-15)35(63,64)43(79,80)45(83,84)47(87,88)49(91,92)53(101,102)103)11-107-27(109)19-9-21(55)25(24-20(29(111)112)10-22(56)26(23(19)24)30(113)114)28(110)108-12-14-5-16(34(61,62)42(77,78)38(69,70)32(2,58)40(73,74)52(98,99)100)8-18(6-14)36(65,66)44(81,82)46(85,86)48(89,90)50(93,94)54(104,105)106/h3-10H,11-12H2,1-2H3,(H,107,109)(H,108,110)(H,111,112)(H,113,114). The molecule has 0 saturated heterocycles. The molecule has 0 aliphatic heterocycles. The molecule has 648 valence electrons. The SMILES string of the molecule is CC(F)(C(F)(F)C(F)(F)F)C(F)(F)C(F)(F)C(F)(F)c1cc(CNC(=O)c2cc(Cl)c(C(=O)NCc3cc(C(F)(F)C(F)(F)C(F)(F)C(C)(F)C(F)(F)C(F)(F)F)cc(C(F)(F)C(F)(F)C(F)(F)C(F)(F)C(F)(F)C(F)(F)F)c3)c3c(C(=O)O)cc(Cl)c(C(=O)O)c23)cc(C(F)(F)C(F)(F)C(F)(F)C(F)(F)C(F)(F)C(F)(F)F)c1. The highest BCUT2D eigenvalue weighted by atomic mass is 35.5. The van der Waals surface area contributed by atoms with Crippen LogP contribution < -0.4 is 10.6 Å². The zero-order valence-corrected chi connectivity index (χ0v) is 53.7. The van der Waals surface area contributed by atoms with Gasteiger partial charge in [0.1, 0.15) is 0 Å².